The number of hydrogen-bond acceptors (Lipinski definition) is 4. The van der Waals surface area contributed by atoms with Crippen LogP contribution < -0.4 is 5.32 Å². The molecule has 1 aliphatic rings. The largest absolute Gasteiger partial charge is 0.444 e. The highest BCUT2D eigenvalue weighted by Gasteiger charge is 2.21. The van der Waals surface area contributed by atoms with Gasteiger partial charge in [0.2, 0.25) is 0 Å². The minimum Gasteiger partial charge on any atom is -0.444 e. The lowest BCUT2D eigenvalue weighted by molar-refractivity contribution is -0.0366. The number of nitrogens with zero attached hydrogens (tertiary/aromatic N) is 2. The van der Waals surface area contributed by atoms with Crippen LogP contribution in [0.15, 0.2) is 24.4 Å². The van der Waals surface area contributed by atoms with Crippen LogP contribution in [0.4, 0.5) is 4.79 Å². The van der Waals surface area contributed by atoms with Crippen LogP contribution in [0.2, 0.25) is 0 Å². The van der Waals surface area contributed by atoms with Crippen molar-refractivity contribution in [1.29, 1.82) is 0 Å². The molecular formula is C20H29N3O3. The van der Waals surface area contributed by atoms with Gasteiger partial charge in [0.25, 0.3) is 0 Å². The SMILES string of the molecule is C[C@H](Cc1cccc2c1cnn2C1CCCCO1)NC(=O)OC(C)(C)C. The average Bonchev–Trinajstić information content (AvgIpc) is 2.98. The summed E-state index contributed by atoms with van der Waals surface area (Å²) in [7, 11) is 0. The predicted molar refractivity (Wildman–Crippen MR) is 101 cm³/mol. The summed E-state index contributed by atoms with van der Waals surface area (Å²) < 4.78 is 13.2. The summed E-state index contributed by atoms with van der Waals surface area (Å²) >= 11 is 0. The maximum absolute atomic E-state index is 12.0. The summed E-state index contributed by atoms with van der Waals surface area (Å²) in [5.41, 5.74) is 1.75. The first-order chi connectivity index (χ1) is 12.3. The van der Waals surface area contributed by atoms with E-state index in [2.05, 4.69) is 22.5 Å². The molecule has 26 heavy (non-hydrogen) atoms. The Morgan fingerprint density at radius 1 is 1.42 bits per heavy atom. The Hall–Kier alpha value is -2.08. The molecule has 1 aliphatic heterocycles. The maximum atomic E-state index is 12.0. The van der Waals surface area contributed by atoms with E-state index in [1.807, 2.05) is 44.6 Å². The number of fused-ring (bicyclic) bond motifs is 1. The Morgan fingerprint density at radius 3 is 2.92 bits per heavy atom. The third kappa shape index (κ3) is 4.55. The molecule has 6 nitrogen and oxygen atoms in total. The maximum Gasteiger partial charge on any atom is 0.407 e. The van der Waals surface area contributed by atoms with Gasteiger partial charge in [-0.25, -0.2) is 9.48 Å². The summed E-state index contributed by atoms with van der Waals surface area (Å²) in [6.45, 7) is 8.36. The lowest BCUT2D eigenvalue weighted by Crippen LogP contribution is -2.38. The van der Waals surface area contributed by atoms with Crippen molar-refractivity contribution >= 4 is 17.0 Å². The van der Waals surface area contributed by atoms with Crippen LogP contribution in [0.25, 0.3) is 10.9 Å². The summed E-state index contributed by atoms with van der Waals surface area (Å²) in [6.07, 6.45) is 5.54. The van der Waals surface area contributed by atoms with Crippen molar-refractivity contribution in [2.24, 2.45) is 0 Å². The number of hydrogen-bond donors (Lipinski definition) is 1. The van der Waals surface area contributed by atoms with Crippen LogP contribution in [0.5, 0.6) is 0 Å². The van der Waals surface area contributed by atoms with E-state index in [-0.39, 0.29) is 18.4 Å². The van der Waals surface area contributed by atoms with Crippen LogP contribution in [-0.2, 0) is 15.9 Å². The highest BCUT2D eigenvalue weighted by molar-refractivity contribution is 5.82. The summed E-state index contributed by atoms with van der Waals surface area (Å²) in [5, 5.41) is 8.59. The second-order valence-corrected chi connectivity index (χ2v) is 8.01. The van der Waals surface area contributed by atoms with Gasteiger partial charge in [0.05, 0.1) is 11.7 Å². The minimum absolute atomic E-state index is 0.0220. The number of ether oxygens (including phenoxy) is 2. The van der Waals surface area contributed by atoms with Crippen LogP contribution in [0, 0.1) is 0 Å². The molecule has 1 aromatic carbocycles. The Bertz CT molecular complexity index is 757. The molecule has 2 atom stereocenters. The van der Waals surface area contributed by atoms with E-state index in [9.17, 15) is 4.79 Å². The standard InChI is InChI=1S/C20H29N3O3/c1-14(22-19(24)26-20(2,3)4)12-15-8-7-9-17-16(15)13-21-23(17)18-10-5-6-11-25-18/h7-9,13-14,18H,5-6,10-12H2,1-4H3,(H,22,24)/t14-,18?/m1/s1. The van der Waals surface area contributed by atoms with Gasteiger partial charge in [-0.3, -0.25) is 0 Å². The number of nitrogens with one attached hydrogen (secondary N) is 1. The second kappa shape index (κ2) is 7.66. The lowest BCUT2D eigenvalue weighted by Gasteiger charge is -2.23. The fourth-order valence-corrected chi connectivity index (χ4v) is 3.34. The van der Waals surface area contributed by atoms with Crippen LogP contribution in [-0.4, -0.2) is 34.1 Å². The van der Waals surface area contributed by atoms with E-state index in [0.717, 1.165) is 35.9 Å². The molecule has 1 fully saturated rings. The quantitative estimate of drug-likeness (QED) is 0.889. The Labute approximate surface area is 154 Å². The van der Waals surface area contributed by atoms with Crippen molar-refractivity contribution in [3.05, 3.63) is 30.0 Å². The van der Waals surface area contributed by atoms with Crippen molar-refractivity contribution in [2.45, 2.75) is 71.2 Å². The first kappa shape index (κ1) is 18.7. The normalized spacial score (nSPS) is 19.3. The van der Waals surface area contributed by atoms with Gasteiger partial charge < -0.3 is 14.8 Å². The van der Waals surface area contributed by atoms with Gasteiger partial charge in [-0.1, -0.05) is 12.1 Å². The van der Waals surface area contributed by atoms with Gasteiger partial charge in [-0.05, 0) is 65.0 Å². The molecule has 3 rings (SSSR count). The van der Waals surface area contributed by atoms with Crippen LogP contribution >= 0.6 is 0 Å². The molecule has 1 unspecified atom stereocenters. The van der Waals surface area contributed by atoms with E-state index in [0.29, 0.717) is 6.42 Å². The summed E-state index contributed by atoms with van der Waals surface area (Å²) in [5.74, 6) is 0. The number of carbonyl (C=O) groups is 1. The van der Waals surface area contributed by atoms with Crippen molar-refractivity contribution in [3.63, 3.8) is 0 Å². The van der Waals surface area contributed by atoms with Gasteiger partial charge in [0.15, 0.2) is 6.23 Å². The Kier molecular flexibility index (Phi) is 5.51. The molecule has 0 radical (unpaired) electrons. The number of carbonyl (C=O) groups excluding carboxylic acids is 1. The molecule has 6 heteroatoms. The number of benzene rings is 1. The molecule has 0 aliphatic carbocycles. The van der Waals surface area contributed by atoms with Gasteiger partial charge in [-0.15, -0.1) is 0 Å². The summed E-state index contributed by atoms with van der Waals surface area (Å²) in [4.78, 5) is 12.0. The van der Waals surface area contributed by atoms with Gasteiger partial charge >= 0.3 is 6.09 Å². The molecule has 0 bridgehead atoms. The van der Waals surface area contributed by atoms with E-state index < -0.39 is 5.60 Å². The number of amides is 1. The van der Waals surface area contributed by atoms with Crippen molar-refractivity contribution in [1.82, 2.24) is 15.1 Å². The number of rotatable bonds is 4. The molecular weight excluding hydrogens is 330 g/mol. The van der Waals surface area contributed by atoms with E-state index in [1.54, 1.807) is 0 Å². The monoisotopic (exact) mass is 359 g/mol. The summed E-state index contributed by atoms with van der Waals surface area (Å²) in [6, 6.07) is 6.17. The third-order valence-corrected chi connectivity index (χ3v) is 4.45. The molecule has 1 saturated heterocycles. The number of alkyl carbamates (subject to hydrolysis) is 1. The zero-order chi connectivity index (χ0) is 18.7. The lowest BCUT2D eigenvalue weighted by atomic mass is 10.0. The van der Waals surface area contributed by atoms with Gasteiger partial charge in [0, 0.05) is 18.0 Å². The predicted octanol–water partition coefficient (Wildman–Crippen LogP) is 4.19. The van der Waals surface area contributed by atoms with E-state index >= 15 is 0 Å². The Balaban J connectivity index is 1.72. The molecule has 1 N–H and O–H groups in total. The molecule has 0 saturated carbocycles. The molecule has 0 spiro atoms. The molecule has 2 aromatic rings. The zero-order valence-corrected chi connectivity index (χ0v) is 16.1. The minimum atomic E-state index is -0.495. The molecule has 1 amide bonds. The molecule has 2 heterocycles. The Morgan fingerprint density at radius 2 is 2.23 bits per heavy atom. The third-order valence-electron chi connectivity index (χ3n) is 4.45. The first-order valence-corrected chi connectivity index (χ1v) is 9.40. The smallest absolute Gasteiger partial charge is 0.407 e. The highest BCUT2D eigenvalue weighted by atomic mass is 16.6. The fourth-order valence-electron chi connectivity index (χ4n) is 3.34. The van der Waals surface area contributed by atoms with Crippen molar-refractivity contribution in [2.75, 3.05) is 6.61 Å². The van der Waals surface area contributed by atoms with Crippen molar-refractivity contribution in [3.8, 4) is 0 Å². The van der Waals surface area contributed by atoms with Gasteiger partial charge in [0.1, 0.15) is 5.60 Å². The van der Waals surface area contributed by atoms with E-state index in [1.165, 1.54) is 6.42 Å². The van der Waals surface area contributed by atoms with Gasteiger partial charge in [-0.2, -0.15) is 5.10 Å². The molecule has 1 aromatic heterocycles. The van der Waals surface area contributed by atoms with Crippen molar-refractivity contribution < 1.29 is 14.3 Å². The average molecular weight is 359 g/mol. The first-order valence-electron chi connectivity index (χ1n) is 9.40. The molecule has 142 valence electrons. The topological polar surface area (TPSA) is 65.4 Å². The van der Waals surface area contributed by atoms with Crippen LogP contribution in [0.3, 0.4) is 0 Å². The highest BCUT2D eigenvalue weighted by Crippen LogP contribution is 2.28. The second-order valence-electron chi connectivity index (χ2n) is 8.01. The fraction of sp³-hybridized carbons (Fsp3) is 0.600. The van der Waals surface area contributed by atoms with Crippen LogP contribution in [0.1, 0.15) is 58.7 Å². The zero-order valence-electron chi connectivity index (χ0n) is 16.1. The van der Waals surface area contributed by atoms with E-state index in [4.69, 9.17) is 9.47 Å². The number of aromatic nitrogens is 2.